The van der Waals surface area contributed by atoms with Gasteiger partial charge in [-0.1, -0.05) is 44.5 Å². The van der Waals surface area contributed by atoms with Gasteiger partial charge in [0.05, 0.1) is 0 Å². The maximum absolute atomic E-state index is 11.1. The zero-order valence-corrected chi connectivity index (χ0v) is 9.92. The van der Waals surface area contributed by atoms with Gasteiger partial charge in [0.1, 0.15) is 5.78 Å². The lowest BCUT2D eigenvalue weighted by atomic mass is 10.0. The average Bonchev–Trinajstić information content (AvgIpc) is 2.62. The van der Waals surface area contributed by atoms with E-state index in [2.05, 4.69) is 26.0 Å². The molecule has 0 saturated carbocycles. The highest BCUT2D eigenvalue weighted by atomic mass is 16.1. The standard InChI is InChI=1S/C11H12O.C3H8/c1-8(12)11-6-9-4-2-3-5-10(9)7-11;1-3-2/h2-5,11H,6-7H2,1H3;3H2,1-2H3. The van der Waals surface area contributed by atoms with Gasteiger partial charge in [0.25, 0.3) is 0 Å². The molecule has 1 heteroatoms. The predicted molar refractivity (Wildman–Crippen MR) is 64.0 cm³/mol. The molecule has 0 aliphatic heterocycles. The minimum Gasteiger partial charge on any atom is -0.300 e. The Kier molecular flexibility index (Phi) is 4.54. The molecule has 1 aromatic carbocycles. The molecule has 0 fully saturated rings. The van der Waals surface area contributed by atoms with Crippen LogP contribution < -0.4 is 0 Å². The highest BCUT2D eigenvalue weighted by molar-refractivity contribution is 5.79. The fraction of sp³-hybridized carbons (Fsp3) is 0.500. The second-order valence-electron chi connectivity index (χ2n) is 4.19. The van der Waals surface area contributed by atoms with E-state index >= 15 is 0 Å². The Balaban J connectivity index is 0.000000337. The van der Waals surface area contributed by atoms with Gasteiger partial charge in [-0.3, -0.25) is 4.79 Å². The number of hydrogen-bond donors (Lipinski definition) is 0. The van der Waals surface area contributed by atoms with Crippen molar-refractivity contribution in [1.82, 2.24) is 0 Å². The summed E-state index contributed by atoms with van der Waals surface area (Å²) in [6, 6.07) is 8.33. The quantitative estimate of drug-likeness (QED) is 0.685. The van der Waals surface area contributed by atoms with Crippen LogP contribution >= 0.6 is 0 Å². The highest BCUT2D eigenvalue weighted by Crippen LogP contribution is 2.26. The van der Waals surface area contributed by atoms with E-state index in [1.54, 1.807) is 6.92 Å². The highest BCUT2D eigenvalue weighted by Gasteiger charge is 2.23. The topological polar surface area (TPSA) is 17.1 Å². The molecular formula is C14H20O. The van der Waals surface area contributed by atoms with E-state index in [-0.39, 0.29) is 5.92 Å². The maximum Gasteiger partial charge on any atom is 0.133 e. The zero-order chi connectivity index (χ0) is 11.3. The molecule has 0 spiro atoms. The van der Waals surface area contributed by atoms with Crippen molar-refractivity contribution < 1.29 is 4.79 Å². The summed E-state index contributed by atoms with van der Waals surface area (Å²) in [5.41, 5.74) is 2.72. The monoisotopic (exact) mass is 204 g/mol. The second kappa shape index (κ2) is 5.69. The Hall–Kier alpha value is -1.11. The first-order chi connectivity index (χ1) is 7.19. The fourth-order valence-corrected chi connectivity index (χ4v) is 1.85. The lowest BCUT2D eigenvalue weighted by Crippen LogP contribution is -2.09. The minimum absolute atomic E-state index is 0.252. The lowest BCUT2D eigenvalue weighted by Gasteiger charge is -2.00. The Bertz CT molecular complexity index is 303. The number of rotatable bonds is 1. The third kappa shape index (κ3) is 3.19. The second-order valence-corrected chi connectivity index (χ2v) is 4.19. The number of ketones is 1. The summed E-state index contributed by atoms with van der Waals surface area (Å²) < 4.78 is 0. The van der Waals surface area contributed by atoms with Gasteiger partial charge in [-0.05, 0) is 30.9 Å². The normalized spacial score (nSPS) is 14.1. The summed E-state index contributed by atoms with van der Waals surface area (Å²) in [6.45, 7) is 5.94. The lowest BCUT2D eigenvalue weighted by molar-refractivity contribution is -0.120. The van der Waals surface area contributed by atoms with Crippen molar-refractivity contribution in [2.75, 3.05) is 0 Å². The van der Waals surface area contributed by atoms with Gasteiger partial charge in [-0.15, -0.1) is 0 Å². The van der Waals surface area contributed by atoms with Crippen LogP contribution in [0.1, 0.15) is 38.3 Å². The largest absolute Gasteiger partial charge is 0.300 e. The predicted octanol–water partition coefficient (Wildman–Crippen LogP) is 3.41. The Morgan fingerprint density at radius 1 is 1.20 bits per heavy atom. The molecule has 0 heterocycles. The summed E-state index contributed by atoms with van der Waals surface area (Å²) in [4.78, 5) is 11.1. The summed E-state index contributed by atoms with van der Waals surface area (Å²) in [6.07, 6.45) is 3.15. The zero-order valence-electron chi connectivity index (χ0n) is 9.92. The Morgan fingerprint density at radius 2 is 1.60 bits per heavy atom. The Morgan fingerprint density at radius 3 is 1.93 bits per heavy atom. The number of Topliss-reactive ketones (excluding diaryl/α,β-unsaturated/α-hetero) is 1. The average molecular weight is 204 g/mol. The fourth-order valence-electron chi connectivity index (χ4n) is 1.85. The van der Waals surface area contributed by atoms with E-state index in [1.807, 2.05) is 12.1 Å². The number of carbonyl (C=O) groups is 1. The molecule has 0 saturated heterocycles. The van der Waals surface area contributed by atoms with E-state index in [9.17, 15) is 4.79 Å². The summed E-state index contributed by atoms with van der Waals surface area (Å²) >= 11 is 0. The van der Waals surface area contributed by atoms with Crippen LogP contribution in [-0.4, -0.2) is 5.78 Å². The van der Waals surface area contributed by atoms with Crippen molar-refractivity contribution in [3.8, 4) is 0 Å². The molecule has 0 unspecified atom stereocenters. The maximum atomic E-state index is 11.1. The van der Waals surface area contributed by atoms with Crippen LogP contribution in [0.5, 0.6) is 0 Å². The van der Waals surface area contributed by atoms with Crippen molar-refractivity contribution in [2.24, 2.45) is 5.92 Å². The van der Waals surface area contributed by atoms with Crippen molar-refractivity contribution in [3.63, 3.8) is 0 Å². The van der Waals surface area contributed by atoms with E-state index in [1.165, 1.54) is 17.5 Å². The molecular weight excluding hydrogens is 184 g/mol. The number of benzene rings is 1. The summed E-state index contributed by atoms with van der Waals surface area (Å²) in [7, 11) is 0. The van der Waals surface area contributed by atoms with Crippen LogP contribution in [0.25, 0.3) is 0 Å². The molecule has 2 rings (SSSR count). The van der Waals surface area contributed by atoms with Crippen LogP contribution in [0.3, 0.4) is 0 Å². The van der Waals surface area contributed by atoms with Crippen molar-refractivity contribution in [3.05, 3.63) is 35.4 Å². The van der Waals surface area contributed by atoms with Crippen LogP contribution in [0.4, 0.5) is 0 Å². The first kappa shape index (κ1) is 12.0. The molecule has 82 valence electrons. The smallest absolute Gasteiger partial charge is 0.133 e. The van der Waals surface area contributed by atoms with Gasteiger partial charge in [0, 0.05) is 5.92 Å². The van der Waals surface area contributed by atoms with E-state index in [0.29, 0.717) is 5.78 Å². The number of fused-ring (bicyclic) bond motifs is 1. The van der Waals surface area contributed by atoms with Gasteiger partial charge >= 0.3 is 0 Å². The van der Waals surface area contributed by atoms with Gasteiger partial charge < -0.3 is 0 Å². The molecule has 0 radical (unpaired) electrons. The van der Waals surface area contributed by atoms with Gasteiger partial charge in [-0.2, -0.15) is 0 Å². The van der Waals surface area contributed by atoms with Crippen molar-refractivity contribution in [2.45, 2.75) is 40.0 Å². The number of hydrogen-bond acceptors (Lipinski definition) is 1. The van der Waals surface area contributed by atoms with Gasteiger partial charge in [0.15, 0.2) is 0 Å². The molecule has 1 aliphatic rings. The first-order valence-electron chi connectivity index (χ1n) is 5.76. The van der Waals surface area contributed by atoms with Gasteiger partial charge in [-0.25, -0.2) is 0 Å². The molecule has 1 nitrogen and oxygen atoms in total. The van der Waals surface area contributed by atoms with Crippen LogP contribution in [0.2, 0.25) is 0 Å². The van der Waals surface area contributed by atoms with Crippen LogP contribution in [-0.2, 0) is 17.6 Å². The molecule has 0 aromatic heterocycles. The molecule has 1 aliphatic carbocycles. The van der Waals surface area contributed by atoms with E-state index in [0.717, 1.165) is 12.8 Å². The minimum atomic E-state index is 0.252. The summed E-state index contributed by atoms with van der Waals surface area (Å²) in [5.74, 6) is 0.577. The van der Waals surface area contributed by atoms with Crippen molar-refractivity contribution >= 4 is 5.78 Å². The Labute approximate surface area is 92.5 Å². The molecule has 1 aromatic rings. The molecule has 0 bridgehead atoms. The third-order valence-corrected chi connectivity index (χ3v) is 2.63. The molecule has 0 N–H and O–H groups in total. The third-order valence-electron chi connectivity index (χ3n) is 2.63. The van der Waals surface area contributed by atoms with Crippen LogP contribution in [0.15, 0.2) is 24.3 Å². The van der Waals surface area contributed by atoms with Crippen molar-refractivity contribution in [1.29, 1.82) is 0 Å². The molecule has 15 heavy (non-hydrogen) atoms. The first-order valence-corrected chi connectivity index (χ1v) is 5.76. The summed E-state index contributed by atoms with van der Waals surface area (Å²) in [5, 5.41) is 0. The van der Waals surface area contributed by atoms with E-state index in [4.69, 9.17) is 0 Å². The van der Waals surface area contributed by atoms with E-state index < -0.39 is 0 Å². The molecule has 0 amide bonds. The molecule has 0 atom stereocenters. The van der Waals surface area contributed by atoms with Crippen LogP contribution in [0, 0.1) is 5.92 Å². The SMILES string of the molecule is CC(=O)C1Cc2ccccc2C1.CCC. The number of carbonyl (C=O) groups excluding carboxylic acids is 1. The van der Waals surface area contributed by atoms with Gasteiger partial charge in [0.2, 0.25) is 0 Å².